The van der Waals surface area contributed by atoms with Gasteiger partial charge in [0.25, 0.3) is 5.91 Å². The summed E-state index contributed by atoms with van der Waals surface area (Å²) in [4.78, 5) is 38.8. The molecule has 1 spiro atoms. The Kier molecular flexibility index (Phi) is 6.84. The summed E-state index contributed by atoms with van der Waals surface area (Å²) in [5.41, 5.74) is 3.66. The molecule has 8 nitrogen and oxygen atoms in total. The average molecular weight is 486 g/mol. The number of aromatic nitrogens is 2. The van der Waals surface area contributed by atoms with Gasteiger partial charge in [0.05, 0.1) is 6.54 Å². The summed E-state index contributed by atoms with van der Waals surface area (Å²) in [7, 11) is 0. The number of urea groups is 1. The van der Waals surface area contributed by atoms with Crippen LogP contribution in [0.2, 0.25) is 0 Å². The number of hydrogen-bond acceptors (Lipinski definition) is 4. The molecule has 36 heavy (non-hydrogen) atoms. The lowest BCUT2D eigenvalue weighted by molar-refractivity contribution is -0.131. The Morgan fingerprint density at radius 1 is 1.03 bits per heavy atom. The Balaban J connectivity index is 1.13. The minimum atomic E-state index is -0.694. The zero-order valence-electron chi connectivity index (χ0n) is 20.3. The van der Waals surface area contributed by atoms with Gasteiger partial charge in [-0.1, -0.05) is 61.4 Å². The van der Waals surface area contributed by atoms with Gasteiger partial charge >= 0.3 is 6.03 Å². The summed E-state index contributed by atoms with van der Waals surface area (Å²) >= 11 is 0. The summed E-state index contributed by atoms with van der Waals surface area (Å²) in [5, 5.41) is 10.1. The second-order valence-corrected chi connectivity index (χ2v) is 9.61. The van der Waals surface area contributed by atoms with Gasteiger partial charge in [-0.25, -0.2) is 4.79 Å². The molecule has 1 saturated heterocycles. The molecule has 8 heteroatoms. The number of benzene rings is 2. The van der Waals surface area contributed by atoms with Gasteiger partial charge in [-0.3, -0.25) is 19.2 Å². The summed E-state index contributed by atoms with van der Waals surface area (Å²) < 4.78 is 1.89. The van der Waals surface area contributed by atoms with E-state index in [-0.39, 0.29) is 30.8 Å². The molecule has 0 unspecified atom stereocenters. The number of amides is 4. The van der Waals surface area contributed by atoms with Crippen molar-refractivity contribution in [1.82, 2.24) is 25.3 Å². The Morgan fingerprint density at radius 3 is 2.56 bits per heavy atom. The maximum absolute atomic E-state index is 12.7. The fraction of sp³-hybridized carbons (Fsp3) is 0.357. The van der Waals surface area contributed by atoms with Crippen molar-refractivity contribution in [2.24, 2.45) is 0 Å². The zero-order valence-corrected chi connectivity index (χ0v) is 20.3. The van der Waals surface area contributed by atoms with Crippen molar-refractivity contribution in [2.45, 2.75) is 57.2 Å². The molecule has 2 N–H and O–H groups in total. The predicted molar refractivity (Wildman–Crippen MR) is 136 cm³/mol. The smallest absolute Gasteiger partial charge is 0.325 e. The SMILES string of the molecule is O=C(CCCN1C(=O)NC2(CCCC2)C1=O)NCc1ccccc1-c1ccc(Cn2cccn2)cc1. The van der Waals surface area contributed by atoms with Crippen LogP contribution >= 0.6 is 0 Å². The van der Waals surface area contributed by atoms with E-state index in [9.17, 15) is 14.4 Å². The molecular formula is C28H31N5O3. The highest BCUT2D eigenvalue weighted by atomic mass is 16.2. The molecule has 0 bridgehead atoms. The molecule has 2 aliphatic rings. The first-order valence-electron chi connectivity index (χ1n) is 12.6. The summed E-state index contributed by atoms with van der Waals surface area (Å²) in [6.45, 7) is 1.40. The predicted octanol–water partition coefficient (Wildman–Crippen LogP) is 3.86. The Bertz CT molecular complexity index is 1230. The third kappa shape index (κ3) is 5.03. The monoisotopic (exact) mass is 485 g/mol. The lowest BCUT2D eigenvalue weighted by Gasteiger charge is -2.19. The highest BCUT2D eigenvalue weighted by Gasteiger charge is 2.52. The van der Waals surface area contributed by atoms with E-state index in [0.717, 1.165) is 41.6 Å². The van der Waals surface area contributed by atoms with Gasteiger partial charge in [0.15, 0.2) is 0 Å². The normalized spacial score (nSPS) is 16.5. The molecule has 186 valence electrons. The van der Waals surface area contributed by atoms with Crippen molar-refractivity contribution in [2.75, 3.05) is 6.54 Å². The van der Waals surface area contributed by atoms with Crippen LogP contribution in [0.25, 0.3) is 11.1 Å². The van der Waals surface area contributed by atoms with Gasteiger partial charge in [0, 0.05) is 31.9 Å². The molecule has 2 heterocycles. The molecule has 1 aliphatic heterocycles. The van der Waals surface area contributed by atoms with Crippen molar-refractivity contribution in [3.05, 3.63) is 78.1 Å². The fourth-order valence-corrected chi connectivity index (χ4v) is 5.20. The maximum atomic E-state index is 12.7. The molecule has 3 aromatic rings. The van der Waals surface area contributed by atoms with Crippen LogP contribution in [0.15, 0.2) is 67.0 Å². The first kappa shape index (κ1) is 23.8. The maximum Gasteiger partial charge on any atom is 0.325 e. The number of rotatable bonds is 9. The van der Waals surface area contributed by atoms with Gasteiger partial charge in [0.2, 0.25) is 5.91 Å². The minimum absolute atomic E-state index is 0.0954. The number of imide groups is 1. The molecule has 2 aromatic carbocycles. The molecular weight excluding hydrogens is 454 g/mol. The lowest BCUT2D eigenvalue weighted by atomic mass is 9.98. The van der Waals surface area contributed by atoms with Gasteiger partial charge in [-0.2, -0.15) is 5.10 Å². The molecule has 0 atom stereocenters. The minimum Gasteiger partial charge on any atom is -0.352 e. The molecule has 5 rings (SSSR count). The van der Waals surface area contributed by atoms with Crippen LogP contribution in [-0.2, 0) is 22.7 Å². The molecule has 1 aromatic heterocycles. The Hall–Kier alpha value is -3.94. The summed E-state index contributed by atoms with van der Waals surface area (Å²) in [6, 6.07) is 18.0. The number of hydrogen-bond donors (Lipinski definition) is 2. The van der Waals surface area contributed by atoms with Gasteiger partial charge in [-0.05, 0) is 47.6 Å². The van der Waals surface area contributed by atoms with Crippen LogP contribution in [0.3, 0.4) is 0 Å². The third-order valence-corrected chi connectivity index (χ3v) is 7.15. The highest BCUT2D eigenvalue weighted by Crippen LogP contribution is 2.35. The first-order valence-corrected chi connectivity index (χ1v) is 12.6. The van der Waals surface area contributed by atoms with Crippen molar-refractivity contribution < 1.29 is 14.4 Å². The fourth-order valence-electron chi connectivity index (χ4n) is 5.20. The van der Waals surface area contributed by atoms with E-state index >= 15 is 0 Å². The summed E-state index contributed by atoms with van der Waals surface area (Å²) in [5.74, 6) is -0.225. The molecule has 0 radical (unpaired) electrons. The van der Waals surface area contributed by atoms with E-state index in [1.165, 1.54) is 4.90 Å². The van der Waals surface area contributed by atoms with Crippen molar-refractivity contribution >= 4 is 17.8 Å². The molecule has 1 saturated carbocycles. The van der Waals surface area contributed by atoms with E-state index in [0.29, 0.717) is 25.8 Å². The first-order chi connectivity index (χ1) is 17.5. The van der Waals surface area contributed by atoms with E-state index in [1.54, 1.807) is 6.20 Å². The van der Waals surface area contributed by atoms with Crippen LogP contribution in [0, 0.1) is 0 Å². The third-order valence-electron chi connectivity index (χ3n) is 7.15. The molecule has 2 fully saturated rings. The van der Waals surface area contributed by atoms with Crippen LogP contribution in [-0.4, -0.2) is 44.6 Å². The Morgan fingerprint density at radius 2 is 1.81 bits per heavy atom. The van der Waals surface area contributed by atoms with Gasteiger partial charge in [0.1, 0.15) is 5.54 Å². The van der Waals surface area contributed by atoms with E-state index in [1.807, 2.05) is 35.1 Å². The Labute approximate surface area is 210 Å². The second-order valence-electron chi connectivity index (χ2n) is 9.61. The number of nitrogens with one attached hydrogen (secondary N) is 2. The zero-order chi connectivity index (χ0) is 25.0. The van der Waals surface area contributed by atoms with Crippen LogP contribution < -0.4 is 10.6 Å². The second kappa shape index (κ2) is 10.4. The standard InChI is InChI=1S/C28H31N5O3/c34-25(9-5-18-33-26(35)28(31-27(33)36)14-3-4-15-28)29-19-23-7-1-2-8-24(23)22-12-10-21(11-13-22)20-32-17-6-16-30-32/h1-2,6-8,10-13,16-17H,3-5,9,14-15,18-20H2,(H,29,34)(H,31,36). The topological polar surface area (TPSA) is 96.3 Å². The lowest BCUT2D eigenvalue weighted by Crippen LogP contribution is -2.44. The van der Waals surface area contributed by atoms with Crippen LogP contribution in [0.5, 0.6) is 0 Å². The van der Waals surface area contributed by atoms with Crippen molar-refractivity contribution in [3.63, 3.8) is 0 Å². The van der Waals surface area contributed by atoms with E-state index in [2.05, 4.69) is 46.1 Å². The highest BCUT2D eigenvalue weighted by molar-refractivity contribution is 6.07. The number of nitrogens with zero attached hydrogens (tertiary/aromatic N) is 3. The number of carbonyl (C=O) groups is 3. The molecule has 1 aliphatic carbocycles. The van der Waals surface area contributed by atoms with Crippen molar-refractivity contribution in [3.8, 4) is 11.1 Å². The quantitative estimate of drug-likeness (QED) is 0.450. The van der Waals surface area contributed by atoms with Crippen molar-refractivity contribution in [1.29, 1.82) is 0 Å². The van der Waals surface area contributed by atoms with Crippen LogP contribution in [0.1, 0.15) is 49.7 Å². The van der Waals surface area contributed by atoms with Gasteiger partial charge < -0.3 is 10.6 Å². The van der Waals surface area contributed by atoms with E-state index in [4.69, 9.17) is 0 Å². The number of carbonyl (C=O) groups excluding carboxylic acids is 3. The summed E-state index contributed by atoms with van der Waals surface area (Å²) in [6.07, 6.45) is 7.75. The van der Waals surface area contributed by atoms with Crippen LogP contribution in [0.4, 0.5) is 4.79 Å². The average Bonchev–Trinajstić information content (AvgIpc) is 3.63. The van der Waals surface area contributed by atoms with E-state index < -0.39 is 5.54 Å². The molecule has 4 amide bonds. The van der Waals surface area contributed by atoms with Gasteiger partial charge in [-0.15, -0.1) is 0 Å². The largest absolute Gasteiger partial charge is 0.352 e.